The smallest absolute Gasteiger partial charge is 0.253 e. The SMILES string of the molecule is C=CCOc1ccccc1NCC(=O)Nc1cccc(C(=O)N(CCC)CCC)c1. The summed E-state index contributed by atoms with van der Waals surface area (Å²) >= 11 is 0. The molecule has 2 aromatic carbocycles. The fraction of sp³-hybridized carbons (Fsp3) is 0.333. The highest BCUT2D eigenvalue weighted by atomic mass is 16.5. The van der Waals surface area contributed by atoms with E-state index in [1.807, 2.05) is 29.2 Å². The molecule has 6 heteroatoms. The molecule has 0 bridgehead atoms. The molecule has 160 valence electrons. The second-order valence-corrected chi connectivity index (χ2v) is 6.87. The number of para-hydroxylation sites is 2. The number of nitrogens with zero attached hydrogens (tertiary/aromatic N) is 1. The van der Waals surface area contributed by atoms with Gasteiger partial charge in [0.1, 0.15) is 12.4 Å². The number of carbonyl (C=O) groups is 2. The van der Waals surface area contributed by atoms with Crippen LogP contribution in [0.25, 0.3) is 0 Å². The van der Waals surface area contributed by atoms with Crippen LogP contribution < -0.4 is 15.4 Å². The lowest BCUT2D eigenvalue weighted by Crippen LogP contribution is -2.32. The first kappa shape index (κ1) is 23.0. The van der Waals surface area contributed by atoms with Crippen molar-refractivity contribution in [3.8, 4) is 5.75 Å². The van der Waals surface area contributed by atoms with Gasteiger partial charge in [-0.2, -0.15) is 0 Å². The van der Waals surface area contributed by atoms with Gasteiger partial charge in [-0.25, -0.2) is 0 Å². The minimum Gasteiger partial charge on any atom is -0.487 e. The third-order valence-corrected chi connectivity index (χ3v) is 4.35. The molecule has 0 spiro atoms. The Bertz CT molecular complexity index is 845. The molecule has 2 rings (SSSR count). The maximum atomic E-state index is 12.8. The molecule has 0 aliphatic rings. The van der Waals surface area contributed by atoms with Crippen molar-refractivity contribution in [1.82, 2.24) is 4.90 Å². The minimum absolute atomic E-state index is 0.0128. The van der Waals surface area contributed by atoms with Crippen LogP contribution in [0.15, 0.2) is 61.2 Å². The van der Waals surface area contributed by atoms with Gasteiger partial charge in [0, 0.05) is 24.3 Å². The predicted octanol–water partition coefficient (Wildman–Crippen LogP) is 4.56. The topological polar surface area (TPSA) is 70.7 Å². The van der Waals surface area contributed by atoms with Crippen LogP contribution in [0.2, 0.25) is 0 Å². The molecule has 6 nitrogen and oxygen atoms in total. The maximum Gasteiger partial charge on any atom is 0.253 e. The van der Waals surface area contributed by atoms with Gasteiger partial charge < -0.3 is 20.3 Å². The van der Waals surface area contributed by atoms with Crippen LogP contribution >= 0.6 is 0 Å². The Morgan fingerprint density at radius 3 is 2.50 bits per heavy atom. The van der Waals surface area contributed by atoms with Crippen molar-refractivity contribution in [2.45, 2.75) is 26.7 Å². The standard InChI is InChI=1S/C24H31N3O3/c1-4-14-27(15-5-2)24(29)19-10-9-11-20(17-19)26-23(28)18-25-21-12-7-8-13-22(21)30-16-6-3/h6-13,17,25H,3-5,14-16,18H2,1-2H3,(H,26,28). The van der Waals surface area contributed by atoms with Gasteiger partial charge in [0.15, 0.2) is 0 Å². The number of rotatable bonds is 12. The normalized spacial score (nSPS) is 10.2. The van der Waals surface area contributed by atoms with E-state index in [0.29, 0.717) is 23.6 Å². The number of hydrogen-bond acceptors (Lipinski definition) is 4. The number of hydrogen-bond donors (Lipinski definition) is 2. The molecular weight excluding hydrogens is 378 g/mol. The summed E-state index contributed by atoms with van der Waals surface area (Å²) in [4.78, 5) is 27.0. The van der Waals surface area contributed by atoms with E-state index in [9.17, 15) is 9.59 Å². The van der Waals surface area contributed by atoms with Crippen molar-refractivity contribution >= 4 is 23.2 Å². The van der Waals surface area contributed by atoms with Crippen LogP contribution in [0.1, 0.15) is 37.0 Å². The molecule has 0 fully saturated rings. The monoisotopic (exact) mass is 409 g/mol. The summed E-state index contributed by atoms with van der Waals surface area (Å²) in [6, 6.07) is 14.5. The molecule has 0 saturated carbocycles. The van der Waals surface area contributed by atoms with Gasteiger partial charge in [0.2, 0.25) is 5.91 Å². The molecule has 0 aromatic heterocycles. The third kappa shape index (κ3) is 6.95. The first-order valence-corrected chi connectivity index (χ1v) is 10.3. The number of amides is 2. The molecule has 0 aliphatic carbocycles. The summed E-state index contributed by atoms with van der Waals surface area (Å²) < 4.78 is 5.59. The number of anilines is 2. The van der Waals surface area contributed by atoms with Gasteiger partial charge in [-0.3, -0.25) is 9.59 Å². The average molecular weight is 410 g/mol. The van der Waals surface area contributed by atoms with Gasteiger partial charge in [-0.05, 0) is 43.2 Å². The van der Waals surface area contributed by atoms with E-state index in [1.165, 1.54) is 0 Å². The molecule has 0 radical (unpaired) electrons. The molecule has 2 N–H and O–H groups in total. The summed E-state index contributed by atoms with van der Waals surface area (Å²) in [5.74, 6) is 0.433. The Morgan fingerprint density at radius 2 is 1.80 bits per heavy atom. The molecule has 0 aliphatic heterocycles. The van der Waals surface area contributed by atoms with Crippen LogP contribution in [0.4, 0.5) is 11.4 Å². The first-order chi connectivity index (χ1) is 14.6. The van der Waals surface area contributed by atoms with E-state index < -0.39 is 0 Å². The van der Waals surface area contributed by atoms with Crippen LogP contribution in [0.5, 0.6) is 5.75 Å². The van der Waals surface area contributed by atoms with Gasteiger partial charge in [-0.15, -0.1) is 0 Å². The molecule has 0 atom stereocenters. The second kappa shape index (κ2) is 12.3. The van der Waals surface area contributed by atoms with E-state index in [0.717, 1.165) is 31.6 Å². The van der Waals surface area contributed by atoms with E-state index in [4.69, 9.17) is 4.74 Å². The molecule has 2 amide bonds. The predicted molar refractivity (Wildman–Crippen MR) is 122 cm³/mol. The van der Waals surface area contributed by atoms with Crippen molar-refractivity contribution in [3.05, 3.63) is 66.7 Å². The van der Waals surface area contributed by atoms with Crippen LogP contribution in [0, 0.1) is 0 Å². The zero-order chi connectivity index (χ0) is 21.8. The van der Waals surface area contributed by atoms with Gasteiger partial charge >= 0.3 is 0 Å². The van der Waals surface area contributed by atoms with Crippen molar-refractivity contribution in [1.29, 1.82) is 0 Å². The largest absolute Gasteiger partial charge is 0.487 e. The quantitative estimate of drug-likeness (QED) is 0.504. The van der Waals surface area contributed by atoms with E-state index in [1.54, 1.807) is 30.3 Å². The van der Waals surface area contributed by atoms with Crippen molar-refractivity contribution < 1.29 is 14.3 Å². The second-order valence-electron chi connectivity index (χ2n) is 6.87. The summed E-state index contributed by atoms with van der Waals surface area (Å²) in [5, 5.41) is 5.93. The highest BCUT2D eigenvalue weighted by molar-refractivity contribution is 5.98. The molecule has 30 heavy (non-hydrogen) atoms. The lowest BCUT2D eigenvalue weighted by molar-refractivity contribution is -0.114. The summed E-state index contributed by atoms with van der Waals surface area (Å²) in [7, 11) is 0. The Labute approximate surface area is 178 Å². The Hall–Kier alpha value is -3.28. The van der Waals surface area contributed by atoms with Crippen molar-refractivity contribution in [2.75, 3.05) is 36.9 Å². The first-order valence-electron chi connectivity index (χ1n) is 10.3. The zero-order valence-corrected chi connectivity index (χ0v) is 17.8. The molecule has 0 saturated heterocycles. The lowest BCUT2D eigenvalue weighted by atomic mass is 10.1. The van der Waals surface area contributed by atoms with Gasteiger partial charge in [0.05, 0.1) is 12.2 Å². The van der Waals surface area contributed by atoms with Gasteiger partial charge in [-0.1, -0.05) is 44.7 Å². The Kier molecular flexibility index (Phi) is 9.45. The molecule has 2 aromatic rings. The minimum atomic E-state index is -0.211. The fourth-order valence-corrected chi connectivity index (χ4v) is 3.04. The van der Waals surface area contributed by atoms with E-state index >= 15 is 0 Å². The highest BCUT2D eigenvalue weighted by Crippen LogP contribution is 2.23. The summed E-state index contributed by atoms with van der Waals surface area (Å²) in [6.45, 7) is 9.66. The van der Waals surface area contributed by atoms with Crippen LogP contribution in [-0.2, 0) is 4.79 Å². The van der Waals surface area contributed by atoms with Crippen molar-refractivity contribution in [2.24, 2.45) is 0 Å². The third-order valence-electron chi connectivity index (χ3n) is 4.35. The number of ether oxygens (including phenoxy) is 1. The molecule has 0 unspecified atom stereocenters. The number of benzene rings is 2. The van der Waals surface area contributed by atoms with E-state index in [-0.39, 0.29) is 18.4 Å². The van der Waals surface area contributed by atoms with Crippen LogP contribution in [-0.4, -0.2) is 43.0 Å². The Morgan fingerprint density at radius 1 is 1.07 bits per heavy atom. The number of carbonyl (C=O) groups excluding carboxylic acids is 2. The maximum absolute atomic E-state index is 12.8. The summed E-state index contributed by atoms with van der Waals surface area (Å²) in [5.41, 5.74) is 1.90. The van der Waals surface area contributed by atoms with Crippen molar-refractivity contribution in [3.63, 3.8) is 0 Å². The fourth-order valence-electron chi connectivity index (χ4n) is 3.04. The molecular formula is C24H31N3O3. The van der Waals surface area contributed by atoms with E-state index in [2.05, 4.69) is 31.1 Å². The summed E-state index contributed by atoms with van der Waals surface area (Å²) in [6.07, 6.45) is 3.48. The Balaban J connectivity index is 1.98. The average Bonchev–Trinajstić information content (AvgIpc) is 2.76. The van der Waals surface area contributed by atoms with Gasteiger partial charge in [0.25, 0.3) is 5.91 Å². The van der Waals surface area contributed by atoms with Crippen LogP contribution in [0.3, 0.4) is 0 Å². The number of nitrogens with one attached hydrogen (secondary N) is 2. The molecule has 0 heterocycles. The lowest BCUT2D eigenvalue weighted by Gasteiger charge is -2.21. The highest BCUT2D eigenvalue weighted by Gasteiger charge is 2.15. The zero-order valence-electron chi connectivity index (χ0n) is 17.8.